The molecule has 1 nitrogen and oxygen atoms in total. The topological polar surface area (TPSA) is 12.0 Å². The second-order valence-corrected chi connectivity index (χ2v) is 5.44. The predicted octanol–water partition coefficient (Wildman–Crippen LogP) is 2.78. The molecule has 2 saturated carbocycles. The van der Waals surface area contributed by atoms with Crippen molar-refractivity contribution in [2.75, 3.05) is 6.54 Å². The normalized spacial score (nSPS) is 45.4. The Morgan fingerprint density at radius 1 is 1.43 bits per heavy atom. The largest absolute Gasteiger partial charge is 0.312 e. The molecule has 3 unspecified atom stereocenters. The molecule has 0 saturated heterocycles. The molecule has 0 aromatic heterocycles. The monoisotopic (exact) mass is 223 g/mol. The van der Waals surface area contributed by atoms with Gasteiger partial charge in [0, 0.05) is 29.8 Å². The van der Waals surface area contributed by atoms with Crippen molar-refractivity contribution in [2.24, 2.45) is 5.41 Å². The van der Waals surface area contributed by atoms with Crippen LogP contribution in [0.4, 0.5) is 8.78 Å². The summed E-state index contributed by atoms with van der Waals surface area (Å²) in [6.07, 6.45) is 3.16. The van der Waals surface area contributed by atoms with E-state index in [4.69, 9.17) is 11.6 Å². The van der Waals surface area contributed by atoms with Crippen molar-refractivity contribution in [3.8, 4) is 0 Å². The Balaban J connectivity index is 1.78. The van der Waals surface area contributed by atoms with Crippen molar-refractivity contribution >= 4 is 11.6 Å². The maximum Gasteiger partial charge on any atom is 0.255 e. The molecule has 0 aromatic carbocycles. The third kappa shape index (κ3) is 1.76. The zero-order chi connectivity index (χ0) is 10.4. The Morgan fingerprint density at radius 3 is 2.50 bits per heavy atom. The summed E-state index contributed by atoms with van der Waals surface area (Å²) in [5.74, 6) is -2.46. The van der Waals surface area contributed by atoms with E-state index in [9.17, 15) is 8.78 Å². The second kappa shape index (κ2) is 3.31. The van der Waals surface area contributed by atoms with Gasteiger partial charge in [0.2, 0.25) is 0 Å². The number of halogens is 3. The minimum absolute atomic E-state index is 0.0205. The van der Waals surface area contributed by atoms with Gasteiger partial charge in [-0.1, -0.05) is 13.3 Å². The summed E-state index contributed by atoms with van der Waals surface area (Å²) in [7, 11) is 0. The molecule has 0 bridgehead atoms. The van der Waals surface area contributed by atoms with E-state index in [0.717, 1.165) is 19.3 Å². The molecule has 3 atom stereocenters. The first-order chi connectivity index (χ1) is 6.45. The molecule has 0 spiro atoms. The summed E-state index contributed by atoms with van der Waals surface area (Å²) < 4.78 is 25.8. The van der Waals surface area contributed by atoms with Gasteiger partial charge in [0.25, 0.3) is 5.92 Å². The number of rotatable bonds is 3. The van der Waals surface area contributed by atoms with E-state index in [1.165, 1.54) is 0 Å². The Morgan fingerprint density at radius 2 is 2.07 bits per heavy atom. The maximum absolute atomic E-state index is 12.9. The molecule has 4 heteroatoms. The van der Waals surface area contributed by atoms with Gasteiger partial charge < -0.3 is 5.32 Å². The fourth-order valence-corrected chi connectivity index (χ4v) is 2.51. The first-order valence-electron chi connectivity index (χ1n) is 5.20. The van der Waals surface area contributed by atoms with Gasteiger partial charge in [0.1, 0.15) is 0 Å². The van der Waals surface area contributed by atoms with E-state index in [-0.39, 0.29) is 17.8 Å². The Bertz CT molecular complexity index is 234. The van der Waals surface area contributed by atoms with Crippen molar-refractivity contribution in [2.45, 2.75) is 49.9 Å². The van der Waals surface area contributed by atoms with Crippen LogP contribution in [0.5, 0.6) is 0 Å². The molecular weight excluding hydrogens is 208 g/mol. The molecule has 82 valence electrons. The molecule has 14 heavy (non-hydrogen) atoms. The van der Waals surface area contributed by atoms with E-state index in [1.54, 1.807) is 6.92 Å². The molecule has 0 heterocycles. The first-order valence-corrected chi connectivity index (χ1v) is 5.64. The fraction of sp³-hybridized carbons (Fsp3) is 1.00. The van der Waals surface area contributed by atoms with Crippen LogP contribution in [0.3, 0.4) is 0 Å². The second-order valence-electron chi connectivity index (χ2n) is 4.88. The highest BCUT2D eigenvalue weighted by Crippen LogP contribution is 2.59. The lowest BCUT2D eigenvalue weighted by atomic mass is 10.1. The molecule has 2 rings (SSSR count). The highest BCUT2D eigenvalue weighted by atomic mass is 35.5. The van der Waals surface area contributed by atoms with Crippen LogP contribution in [0.25, 0.3) is 0 Å². The van der Waals surface area contributed by atoms with E-state index in [2.05, 4.69) is 5.32 Å². The Hall–Kier alpha value is 0.110. The Labute approximate surface area is 88.2 Å². The van der Waals surface area contributed by atoms with Crippen molar-refractivity contribution in [3.05, 3.63) is 0 Å². The molecule has 0 amide bonds. The summed E-state index contributed by atoms with van der Waals surface area (Å²) in [5.41, 5.74) is -0.813. The van der Waals surface area contributed by atoms with E-state index in [0.29, 0.717) is 6.54 Å². The summed E-state index contributed by atoms with van der Waals surface area (Å²) in [6.45, 7) is 2.03. The summed E-state index contributed by atoms with van der Waals surface area (Å²) in [6, 6.07) is 0.241. The van der Waals surface area contributed by atoms with Gasteiger partial charge >= 0.3 is 0 Å². The van der Waals surface area contributed by atoms with Crippen LogP contribution in [0.2, 0.25) is 0 Å². The first kappa shape index (κ1) is 10.6. The van der Waals surface area contributed by atoms with Gasteiger partial charge in [-0.05, 0) is 12.8 Å². The Kier molecular flexibility index (Phi) is 2.51. The van der Waals surface area contributed by atoms with Crippen molar-refractivity contribution in [1.29, 1.82) is 0 Å². The smallest absolute Gasteiger partial charge is 0.255 e. The molecular formula is C10H16ClF2N. The number of nitrogens with one attached hydrogen (secondary N) is 1. The number of alkyl halides is 3. The molecule has 0 aliphatic heterocycles. The van der Waals surface area contributed by atoms with Crippen LogP contribution < -0.4 is 5.32 Å². The summed E-state index contributed by atoms with van der Waals surface area (Å²) >= 11 is 6.05. The van der Waals surface area contributed by atoms with Crippen molar-refractivity contribution in [1.82, 2.24) is 5.32 Å². The van der Waals surface area contributed by atoms with Crippen LogP contribution in [0.1, 0.15) is 32.6 Å². The van der Waals surface area contributed by atoms with Crippen LogP contribution in [0, 0.1) is 5.41 Å². The van der Waals surface area contributed by atoms with Gasteiger partial charge in [-0.15, -0.1) is 11.6 Å². The van der Waals surface area contributed by atoms with Crippen LogP contribution in [-0.2, 0) is 0 Å². The standard InChI is InChI=1S/C10H16ClF2N/c1-9(5-10(9,12)13)6-14-8-4-2-3-7(8)11/h7-8,14H,2-6H2,1H3. The van der Waals surface area contributed by atoms with Crippen molar-refractivity contribution in [3.63, 3.8) is 0 Å². The average Bonchev–Trinajstić information content (AvgIpc) is 2.44. The van der Waals surface area contributed by atoms with Crippen LogP contribution >= 0.6 is 11.6 Å². The lowest BCUT2D eigenvalue weighted by Gasteiger charge is -2.19. The fourth-order valence-electron chi connectivity index (χ4n) is 2.14. The zero-order valence-electron chi connectivity index (χ0n) is 8.32. The number of hydrogen-bond donors (Lipinski definition) is 1. The third-order valence-corrected chi connectivity index (χ3v) is 4.08. The number of hydrogen-bond acceptors (Lipinski definition) is 1. The van der Waals surface area contributed by atoms with Gasteiger partial charge in [0.15, 0.2) is 0 Å². The zero-order valence-corrected chi connectivity index (χ0v) is 9.08. The lowest BCUT2D eigenvalue weighted by Crippen LogP contribution is -2.37. The highest BCUT2D eigenvalue weighted by Gasteiger charge is 2.67. The van der Waals surface area contributed by atoms with Gasteiger partial charge in [-0.3, -0.25) is 0 Å². The molecule has 2 aliphatic rings. The average molecular weight is 224 g/mol. The molecule has 1 N–H and O–H groups in total. The van der Waals surface area contributed by atoms with Crippen molar-refractivity contribution < 1.29 is 8.78 Å². The lowest BCUT2D eigenvalue weighted by molar-refractivity contribution is 0.0689. The quantitative estimate of drug-likeness (QED) is 0.726. The molecule has 0 radical (unpaired) electrons. The van der Waals surface area contributed by atoms with Crippen LogP contribution in [-0.4, -0.2) is 23.9 Å². The van der Waals surface area contributed by atoms with Gasteiger partial charge in [-0.2, -0.15) is 0 Å². The minimum atomic E-state index is -2.46. The van der Waals surface area contributed by atoms with E-state index < -0.39 is 11.3 Å². The third-order valence-electron chi connectivity index (χ3n) is 3.56. The van der Waals surface area contributed by atoms with Gasteiger partial charge in [0.05, 0.1) is 0 Å². The van der Waals surface area contributed by atoms with Gasteiger partial charge in [-0.25, -0.2) is 8.78 Å². The molecule has 2 fully saturated rings. The minimum Gasteiger partial charge on any atom is -0.312 e. The molecule has 0 aromatic rings. The highest BCUT2D eigenvalue weighted by molar-refractivity contribution is 6.21. The van der Waals surface area contributed by atoms with E-state index >= 15 is 0 Å². The summed E-state index contributed by atoms with van der Waals surface area (Å²) in [5, 5.41) is 3.31. The summed E-state index contributed by atoms with van der Waals surface area (Å²) in [4.78, 5) is 0. The molecule has 2 aliphatic carbocycles. The predicted molar refractivity (Wildman–Crippen MR) is 53.0 cm³/mol. The van der Waals surface area contributed by atoms with Crippen LogP contribution in [0.15, 0.2) is 0 Å². The van der Waals surface area contributed by atoms with E-state index in [1.807, 2.05) is 0 Å². The maximum atomic E-state index is 12.9. The SMILES string of the molecule is CC1(CNC2CCCC2Cl)CC1(F)F.